The third kappa shape index (κ3) is 5.48. The van der Waals surface area contributed by atoms with E-state index in [1.54, 1.807) is 0 Å². The van der Waals surface area contributed by atoms with E-state index in [1.165, 1.54) is 12.1 Å². The van der Waals surface area contributed by atoms with Crippen molar-refractivity contribution in [3.05, 3.63) is 34.6 Å². The molecule has 1 aromatic rings. The zero-order chi connectivity index (χ0) is 16.8. The first-order chi connectivity index (χ1) is 11.0. The molecule has 0 radical (unpaired) electrons. The van der Waals surface area contributed by atoms with Crippen LogP contribution in [0.25, 0.3) is 0 Å². The summed E-state index contributed by atoms with van der Waals surface area (Å²) < 4.78 is 18.8. The fraction of sp³-hybridized carbons (Fsp3) is 0.500. The Morgan fingerprint density at radius 2 is 2.26 bits per heavy atom. The van der Waals surface area contributed by atoms with Crippen LogP contribution in [0.5, 0.6) is 0 Å². The van der Waals surface area contributed by atoms with Crippen molar-refractivity contribution in [2.45, 2.75) is 31.7 Å². The maximum atomic E-state index is 13.6. The minimum absolute atomic E-state index is 0.0459. The molecule has 5 nitrogen and oxygen atoms in total. The number of carbonyl (C=O) groups excluding carboxylic acids is 1. The van der Waals surface area contributed by atoms with Crippen molar-refractivity contribution >= 4 is 23.5 Å². The highest BCUT2D eigenvalue weighted by molar-refractivity contribution is 6.30. The zero-order valence-electron chi connectivity index (χ0n) is 12.6. The van der Waals surface area contributed by atoms with Gasteiger partial charge in [-0.3, -0.25) is 9.59 Å². The number of hydrogen-bond donors (Lipinski definition) is 2. The highest BCUT2D eigenvalue weighted by Gasteiger charge is 2.21. The Bertz CT molecular complexity index is 575. The van der Waals surface area contributed by atoms with Crippen LogP contribution < -0.4 is 5.32 Å². The number of halogens is 2. The molecule has 1 fully saturated rings. The average Bonchev–Trinajstić information content (AvgIpc) is 3.00. The van der Waals surface area contributed by atoms with E-state index in [2.05, 4.69) is 5.32 Å². The molecule has 1 aliphatic rings. The number of rotatable bonds is 7. The summed E-state index contributed by atoms with van der Waals surface area (Å²) in [6.45, 7) is 1.38. The molecule has 0 spiro atoms. The normalized spacial score (nSPS) is 18.6. The third-order valence-electron chi connectivity index (χ3n) is 3.86. The van der Waals surface area contributed by atoms with Gasteiger partial charge in [0.1, 0.15) is 5.82 Å². The summed E-state index contributed by atoms with van der Waals surface area (Å²) in [6.07, 6.45) is 1.61. The second-order valence-corrected chi connectivity index (χ2v) is 6.07. The number of amides is 1. The monoisotopic (exact) mass is 343 g/mol. The number of carboxylic acids is 1. The van der Waals surface area contributed by atoms with Crippen molar-refractivity contribution in [2.24, 2.45) is 5.92 Å². The predicted molar refractivity (Wildman–Crippen MR) is 82.7 cm³/mol. The summed E-state index contributed by atoms with van der Waals surface area (Å²) >= 11 is 5.63. The Labute approximate surface area is 138 Å². The van der Waals surface area contributed by atoms with Crippen molar-refractivity contribution < 1.29 is 23.8 Å². The minimum Gasteiger partial charge on any atom is -0.481 e. The molecule has 1 saturated heterocycles. The molecule has 0 saturated carbocycles. The topological polar surface area (TPSA) is 75.6 Å². The number of benzene rings is 1. The van der Waals surface area contributed by atoms with Crippen LogP contribution >= 0.6 is 11.6 Å². The number of hydrogen-bond acceptors (Lipinski definition) is 3. The molecule has 2 atom stereocenters. The molecule has 2 rings (SSSR count). The summed E-state index contributed by atoms with van der Waals surface area (Å²) in [6, 6.07) is 3.24. The van der Waals surface area contributed by atoms with Gasteiger partial charge < -0.3 is 15.2 Å². The van der Waals surface area contributed by atoms with E-state index in [0.717, 1.165) is 19.1 Å². The van der Waals surface area contributed by atoms with Gasteiger partial charge in [0.25, 0.3) is 0 Å². The van der Waals surface area contributed by atoms with Gasteiger partial charge in [0.15, 0.2) is 0 Å². The molecule has 1 amide bonds. The molecule has 7 heteroatoms. The van der Waals surface area contributed by atoms with E-state index in [0.29, 0.717) is 30.9 Å². The van der Waals surface area contributed by atoms with Crippen molar-refractivity contribution in [3.63, 3.8) is 0 Å². The van der Waals surface area contributed by atoms with Gasteiger partial charge in [-0.05, 0) is 36.5 Å². The minimum atomic E-state index is -1.07. The lowest BCUT2D eigenvalue weighted by molar-refractivity contribution is -0.137. The average molecular weight is 344 g/mol. The highest BCUT2D eigenvalue weighted by Crippen LogP contribution is 2.23. The molecule has 126 valence electrons. The maximum Gasteiger partial charge on any atom is 0.305 e. The molecule has 2 N–H and O–H groups in total. The van der Waals surface area contributed by atoms with Crippen molar-refractivity contribution in [3.8, 4) is 0 Å². The van der Waals surface area contributed by atoms with E-state index in [4.69, 9.17) is 21.4 Å². The van der Waals surface area contributed by atoms with Gasteiger partial charge in [-0.2, -0.15) is 0 Å². The van der Waals surface area contributed by atoms with Gasteiger partial charge in [0, 0.05) is 19.6 Å². The van der Waals surface area contributed by atoms with Crippen LogP contribution in [0.2, 0.25) is 5.02 Å². The Balaban J connectivity index is 1.98. The van der Waals surface area contributed by atoms with Gasteiger partial charge in [-0.15, -0.1) is 0 Å². The number of nitrogens with one attached hydrogen (secondary N) is 1. The highest BCUT2D eigenvalue weighted by atomic mass is 35.5. The molecule has 1 aromatic carbocycles. The van der Waals surface area contributed by atoms with Crippen LogP contribution in [-0.2, 0) is 14.3 Å². The smallest absolute Gasteiger partial charge is 0.305 e. The van der Waals surface area contributed by atoms with Crippen molar-refractivity contribution in [1.82, 2.24) is 5.32 Å². The van der Waals surface area contributed by atoms with E-state index < -0.39 is 17.8 Å². The lowest BCUT2D eigenvalue weighted by Gasteiger charge is -2.18. The maximum absolute atomic E-state index is 13.6. The molecular weight excluding hydrogens is 325 g/mol. The van der Waals surface area contributed by atoms with Crippen LogP contribution in [0.15, 0.2) is 18.2 Å². The van der Waals surface area contributed by atoms with Gasteiger partial charge in [0.05, 0.1) is 17.5 Å². The predicted octanol–water partition coefficient (Wildman–Crippen LogP) is 2.93. The zero-order valence-corrected chi connectivity index (χ0v) is 13.3. The van der Waals surface area contributed by atoms with Crippen LogP contribution in [0.1, 0.15) is 37.3 Å². The number of carbonyl (C=O) groups is 2. The van der Waals surface area contributed by atoms with Crippen LogP contribution in [0.4, 0.5) is 4.39 Å². The fourth-order valence-corrected chi connectivity index (χ4v) is 2.69. The summed E-state index contributed by atoms with van der Waals surface area (Å²) in [5.74, 6) is -1.60. The summed E-state index contributed by atoms with van der Waals surface area (Å²) in [5.41, 5.74) is 0.381. The van der Waals surface area contributed by atoms with Crippen molar-refractivity contribution in [2.75, 3.05) is 13.2 Å². The molecule has 0 aliphatic carbocycles. The van der Waals surface area contributed by atoms with E-state index in [-0.39, 0.29) is 17.4 Å². The van der Waals surface area contributed by atoms with Crippen LogP contribution in [0, 0.1) is 11.7 Å². The van der Waals surface area contributed by atoms with Gasteiger partial charge >= 0.3 is 5.97 Å². The first kappa shape index (κ1) is 17.7. The van der Waals surface area contributed by atoms with E-state index in [9.17, 15) is 14.0 Å². The third-order valence-corrected chi connectivity index (χ3v) is 4.17. The van der Waals surface area contributed by atoms with Gasteiger partial charge in [-0.25, -0.2) is 4.39 Å². The van der Waals surface area contributed by atoms with Gasteiger partial charge in [-0.1, -0.05) is 17.7 Å². The summed E-state index contributed by atoms with van der Waals surface area (Å²) in [7, 11) is 0. The first-order valence-electron chi connectivity index (χ1n) is 7.49. The first-order valence-corrected chi connectivity index (χ1v) is 7.87. The molecule has 0 bridgehead atoms. The standard InChI is InChI=1S/C16H19ClFNO4/c17-12-3-2-11(7-13(12)18)14(8-16(21)22)19-15(20)4-1-10-5-6-23-9-10/h2-3,7,10,14H,1,4-6,8-9H2,(H,19,20)(H,21,22). The Morgan fingerprint density at radius 1 is 1.48 bits per heavy atom. The molecule has 2 unspecified atom stereocenters. The fourth-order valence-electron chi connectivity index (χ4n) is 2.57. The Morgan fingerprint density at radius 3 is 2.87 bits per heavy atom. The van der Waals surface area contributed by atoms with E-state index >= 15 is 0 Å². The number of ether oxygens (including phenoxy) is 1. The van der Waals surface area contributed by atoms with Gasteiger partial charge in [0.2, 0.25) is 5.91 Å². The largest absolute Gasteiger partial charge is 0.481 e. The lowest BCUT2D eigenvalue weighted by atomic mass is 10.0. The second kappa shape index (κ2) is 8.26. The second-order valence-electron chi connectivity index (χ2n) is 5.66. The lowest BCUT2D eigenvalue weighted by Crippen LogP contribution is -2.30. The number of carboxylic acid groups (broad SMARTS) is 1. The van der Waals surface area contributed by atoms with Crippen LogP contribution in [0.3, 0.4) is 0 Å². The quantitative estimate of drug-likeness (QED) is 0.798. The SMILES string of the molecule is O=C(O)CC(NC(=O)CCC1CCOC1)c1ccc(Cl)c(F)c1. The molecular formula is C16H19ClFNO4. The summed E-state index contributed by atoms with van der Waals surface area (Å²) in [4.78, 5) is 23.0. The Kier molecular flexibility index (Phi) is 6.36. The molecule has 1 heterocycles. The summed E-state index contributed by atoms with van der Waals surface area (Å²) in [5, 5.41) is 11.6. The van der Waals surface area contributed by atoms with Crippen molar-refractivity contribution in [1.29, 1.82) is 0 Å². The van der Waals surface area contributed by atoms with Crippen LogP contribution in [-0.4, -0.2) is 30.2 Å². The molecule has 23 heavy (non-hydrogen) atoms. The molecule has 1 aliphatic heterocycles. The Hall–Kier alpha value is -1.66. The number of aliphatic carboxylic acids is 1. The molecule has 0 aromatic heterocycles. The van der Waals surface area contributed by atoms with E-state index in [1.807, 2.05) is 0 Å².